The van der Waals surface area contributed by atoms with E-state index >= 15 is 0 Å². The summed E-state index contributed by atoms with van der Waals surface area (Å²) in [6.45, 7) is 2.68. The first-order valence-electron chi connectivity index (χ1n) is 9.27. The van der Waals surface area contributed by atoms with Gasteiger partial charge in [-0.1, -0.05) is 0 Å². The molecule has 0 saturated carbocycles. The molecule has 0 bridgehead atoms. The highest BCUT2D eigenvalue weighted by molar-refractivity contribution is 7.07. The molecule has 0 radical (unpaired) electrons. The lowest BCUT2D eigenvalue weighted by Crippen LogP contribution is -2.38. The van der Waals surface area contributed by atoms with Crippen LogP contribution in [-0.4, -0.2) is 51.9 Å². The Balaban J connectivity index is 1.66. The average Bonchev–Trinajstić information content (AvgIpc) is 3.42. The topological polar surface area (TPSA) is 72.1 Å². The van der Waals surface area contributed by atoms with Crippen molar-refractivity contribution in [1.82, 2.24) is 10.2 Å². The number of carbonyl (C=O) groups excluding carboxylic acids is 1. The van der Waals surface area contributed by atoms with Gasteiger partial charge >= 0.3 is 6.03 Å². The van der Waals surface area contributed by atoms with Crippen LogP contribution in [0.5, 0.6) is 17.2 Å². The van der Waals surface area contributed by atoms with Gasteiger partial charge in [0.1, 0.15) is 0 Å². The number of nitrogens with zero attached hydrogens (tertiary/aromatic N) is 1. The van der Waals surface area contributed by atoms with Gasteiger partial charge in [-0.05, 0) is 48.3 Å². The van der Waals surface area contributed by atoms with Crippen molar-refractivity contribution in [3.05, 3.63) is 34.5 Å². The van der Waals surface area contributed by atoms with Gasteiger partial charge in [-0.3, -0.25) is 4.90 Å². The zero-order valence-electron chi connectivity index (χ0n) is 16.5. The summed E-state index contributed by atoms with van der Waals surface area (Å²) in [6.07, 6.45) is 2.41. The highest BCUT2D eigenvalue weighted by Crippen LogP contribution is 2.39. The number of rotatable bonds is 8. The summed E-state index contributed by atoms with van der Waals surface area (Å²) in [7, 11) is 4.63. The van der Waals surface area contributed by atoms with Gasteiger partial charge in [0, 0.05) is 18.7 Å². The van der Waals surface area contributed by atoms with E-state index in [0.717, 1.165) is 13.1 Å². The largest absolute Gasteiger partial charge is 0.493 e. The smallest absolute Gasteiger partial charge is 0.319 e. The first-order chi connectivity index (χ1) is 13.7. The molecule has 2 amide bonds. The molecule has 2 heterocycles. The molecule has 0 unspecified atom stereocenters. The van der Waals surface area contributed by atoms with Crippen LogP contribution in [0.3, 0.4) is 0 Å². The zero-order valence-corrected chi connectivity index (χ0v) is 17.3. The quantitative estimate of drug-likeness (QED) is 0.700. The third kappa shape index (κ3) is 4.69. The summed E-state index contributed by atoms with van der Waals surface area (Å²) in [5, 5.41) is 10.1. The molecule has 1 aromatic heterocycles. The number of thiophene rings is 1. The Morgan fingerprint density at radius 1 is 1.14 bits per heavy atom. The summed E-state index contributed by atoms with van der Waals surface area (Å²) in [4.78, 5) is 14.9. The van der Waals surface area contributed by atoms with Crippen LogP contribution >= 0.6 is 11.3 Å². The first-order valence-corrected chi connectivity index (χ1v) is 10.2. The molecule has 1 aromatic carbocycles. The fraction of sp³-hybridized carbons (Fsp3) is 0.450. The van der Waals surface area contributed by atoms with Gasteiger partial charge in [0.05, 0.1) is 33.1 Å². The Labute approximate surface area is 169 Å². The van der Waals surface area contributed by atoms with E-state index in [2.05, 4.69) is 32.4 Å². The first kappa shape index (κ1) is 20.3. The van der Waals surface area contributed by atoms with Gasteiger partial charge in [0.2, 0.25) is 5.75 Å². The molecule has 2 N–H and O–H groups in total. The van der Waals surface area contributed by atoms with Crippen molar-refractivity contribution >= 4 is 23.1 Å². The minimum Gasteiger partial charge on any atom is -0.493 e. The van der Waals surface area contributed by atoms with Crippen LogP contribution in [0.1, 0.15) is 24.4 Å². The molecule has 0 spiro atoms. The molecular weight excluding hydrogens is 378 g/mol. The number of urea groups is 1. The Hall–Kier alpha value is -2.45. The van der Waals surface area contributed by atoms with E-state index in [1.165, 1.54) is 18.4 Å². The van der Waals surface area contributed by atoms with Crippen molar-refractivity contribution in [1.29, 1.82) is 0 Å². The summed E-state index contributed by atoms with van der Waals surface area (Å²) < 4.78 is 16.0. The number of ether oxygens (including phenoxy) is 3. The van der Waals surface area contributed by atoms with Gasteiger partial charge in [-0.15, -0.1) is 0 Å². The summed E-state index contributed by atoms with van der Waals surface area (Å²) in [5.74, 6) is 1.47. The SMILES string of the molecule is COc1cc(NC(=O)NC[C@H](c2ccsc2)N2CCCC2)cc(OC)c1OC. The minimum atomic E-state index is -0.270. The lowest BCUT2D eigenvalue weighted by molar-refractivity contribution is 0.228. The molecule has 3 rings (SSSR count). The predicted molar refractivity (Wildman–Crippen MR) is 111 cm³/mol. The number of hydrogen-bond acceptors (Lipinski definition) is 6. The maximum atomic E-state index is 12.5. The molecule has 1 aliphatic rings. The Morgan fingerprint density at radius 2 is 1.82 bits per heavy atom. The molecule has 152 valence electrons. The van der Waals surface area contributed by atoms with E-state index in [4.69, 9.17) is 14.2 Å². The lowest BCUT2D eigenvalue weighted by atomic mass is 10.1. The van der Waals surface area contributed by atoms with Crippen LogP contribution in [0, 0.1) is 0 Å². The Kier molecular flexibility index (Phi) is 7.00. The molecule has 1 atom stereocenters. The number of anilines is 1. The molecular formula is C20H27N3O4S. The van der Waals surface area contributed by atoms with Crippen molar-refractivity contribution in [3.8, 4) is 17.2 Å². The molecule has 1 aliphatic heterocycles. The van der Waals surface area contributed by atoms with Crippen molar-refractivity contribution in [2.75, 3.05) is 46.3 Å². The minimum absolute atomic E-state index is 0.194. The molecule has 1 saturated heterocycles. The number of nitrogens with one attached hydrogen (secondary N) is 2. The van der Waals surface area contributed by atoms with Gasteiger partial charge in [0.25, 0.3) is 0 Å². The van der Waals surface area contributed by atoms with Gasteiger partial charge in [0.15, 0.2) is 11.5 Å². The van der Waals surface area contributed by atoms with E-state index in [1.54, 1.807) is 44.8 Å². The second-order valence-corrected chi connectivity index (χ2v) is 7.34. The third-order valence-corrected chi connectivity index (χ3v) is 5.59. The van der Waals surface area contributed by atoms with Crippen molar-refractivity contribution < 1.29 is 19.0 Å². The van der Waals surface area contributed by atoms with Crippen LogP contribution < -0.4 is 24.8 Å². The summed E-state index contributed by atoms with van der Waals surface area (Å²) in [5.41, 5.74) is 1.82. The van der Waals surface area contributed by atoms with Crippen LogP contribution in [0.15, 0.2) is 29.0 Å². The van der Waals surface area contributed by atoms with E-state index in [-0.39, 0.29) is 12.1 Å². The maximum absolute atomic E-state index is 12.5. The number of methoxy groups -OCH3 is 3. The van der Waals surface area contributed by atoms with Crippen molar-refractivity contribution in [2.24, 2.45) is 0 Å². The molecule has 28 heavy (non-hydrogen) atoms. The number of hydrogen-bond donors (Lipinski definition) is 2. The van der Waals surface area contributed by atoms with E-state index < -0.39 is 0 Å². The molecule has 1 fully saturated rings. The monoisotopic (exact) mass is 405 g/mol. The standard InChI is InChI=1S/C20H27N3O4S/c1-25-17-10-15(11-18(26-2)19(17)27-3)22-20(24)21-12-16(14-6-9-28-13-14)23-7-4-5-8-23/h6,9-11,13,16H,4-5,7-8,12H2,1-3H3,(H2,21,22,24)/t16-/m1/s1. The van der Waals surface area contributed by atoms with E-state index in [1.807, 2.05) is 0 Å². The van der Waals surface area contributed by atoms with E-state index in [9.17, 15) is 4.79 Å². The molecule has 2 aromatic rings. The number of likely N-dealkylation sites (tertiary alicyclic amines) is 1. The fourth-order valence-corrected chi connectivity index (χ4v) is 4.20. The molecule has 8 heteroatoms. The van der Waals surface area contributed by atoms with Crippen LogP contribution in [0.2, 0.25) is 0 Å². The number of amides is 2. The van der Waals surface area contributed by atoms with Gasteiger partial charge in [-0.2, -0.15) is 11.3 Å². The third-order valence-electron chi connectivity index (χ3n) is 4.89. The second-order valence-electron chi connectivity index (χ2n) is 6.56. The van der Waals surface area contributed by atoms with Crippen LogP contribution in [0.25, 0.3) is 0 Å². The number of benzene rings is 1. The number of carbonyl (C=O) groups is 1. The summed E-state index contributed by atoms with van der Waals surface area (Å²) in [6, 6.07) is 5.47. The Morgan fingerprint density at radius 3 is 2.36 bits per heavy atom. The van der Waals surface area contributed by atoms with Crippen molar-refractivity contribution in [2.45, 2.75) is 18.9 Å². The van der Waals surface area contributed by atoms with Crippen LogP contribution in [-0.2, 0) is 0 Å². The van der Waals surface area contributed by atoms with Crippen LogP contribution in [0.4, 0.5) is 10.5 Å². The zero-order chi connectivity index (χ0) is 19.9. The summed E-state index contributed by atoms with van der Waals surface area (Å²) >= 11 is 1.68. The average molecular weight is 406 g/mol. The van der Waals surface area contributed by atoms with Gasteiger partial charge in [-0.25, -0.2) is 4.79 Å². The van der Waals surface area contributed by atoms with Gasteiger partial charge < -0.3 is 24.8 Å². The lowest BCUT2D eigenvalue weighted by Gasteiger charge is -2.27. The fourth-order valence-electron chi connectivity index (χ4n) is 3.49. The highest BCUT2D eigenvalue weighted by atomic mass is 32.1. The molecule has 7 nitrogen and oxygen atoms in total. The molecule has 0 aliphatic carbocycles. The van der Waals surface area contributed by atoms with Crippen molar-refractivity contribution in [3.63, 3.8) is 0 Å². The second kappa shape index (κ2) is 9.66. The van der Waals surface area contributed by atoms with E-state index in [0.29, 0.717) is 29.5 Å². The normalized spacial score (nSPS) is 15.1. The predicted octanol–water partition coefficient (Wildman–Crippen LogP) is 3.73. The maximum Gasteiger partial charge on any atom is 0.319 e. The highest BCUT2D eigenvalue weighted by Gasteiger charge is 2.24. The Bertz CT molecular complexity index is 751.